The Morgan fingerprint density at radius 3 is 1.56 bits per heavy atom. The number of aliphatic hydroxyl groups excluding tert-OH is 1. The third kappa shape index (κ3) is 15.2. The quantitative estimate of drug-likeness (QED) is 0.354. The Hall–Kier alpha value is -1.29. The van der Waals surface area contributed by atoms with Crippen LogP contribution in [0.15, 0.2) is 12.2 Å². The van der Waals surface area contributed by atoms with Crippen LogP contribution in [0, 0.1) is 0 Å². The van der Waals surface area contributed by atoms with Crippen LogP contribution < -0.4 is 0 Å². The number of carboxylic acid groups (broad SMARTS) is 3. The predicted molar refractivity (Wildman–Crippen MR) is 55.5 cm³/mol. The normalized spacial score (nSPS) is 9.88. The zero-order valence-electron chi connectivity index (χ0n) is 8.01. The molecular formula is C8H13LiO7. The number of hydrogen-bond acceptors (Lipinski definition) is 4. The van der Waals surface area contributed by atoms with Gasteiger partial charge in [0.2, 0.25) is 0 Å². The molecule has 0 aliphatic heterocycles. The Bertz CT molecular complexity index is 262. The summed E-state index contributed by atoms with van der Waals surface area (Å²) in [7, 11) is 0. The second kappa shape index (κ2) is 10.2. The van der Waals surface area contributed by atoms with Gasteiger partial charge in [-0.15, -0.1) is 0 Å². The zero-order valence-corrected chi connectivity index (χ0v) is 8.01. The van der Waals surface area contributed by atoms with Crippen molar-refractivity contribution in [2.24, 2.45) is 0 Å². The Labute approximate surface area is 104 Å². The molecule has 0 fully saturated rings. The monoisotopic (exact) mass is 228 g/mol. The molecule has 0 rings (SSSR count). The average Bonchev–Trinajstić information content (AvgIpc) is 2.03. The van der Waals surface area contributed by atoms with Gasteiger partial charge in [0.15, 0.2) is 6.10 Å². The van der Waals surface area contributed by atoms with Crippen molar-refractivity contribution in [2.75, 3.05) is 0 Å². The van der Waals surface area contributed by atoms with Crippen LogP contribution in [-0.2, 0) is 14.4 Å². The molecule has 4 N–H and O–H groups in total. The van der Waals surface area contributed by atoms with Crippen molar-refractivity contribution in [3.8, 4) is 0 Å². The van der Waals surface area contributed by atoms with Crippen molar-refractivity contribution >= 4 is 36.8 Å². The first kappa shape index (κ1) is 20.2. The van der Waals surface area contributed by atoms with Crippen LogP contribution >= 0.6 is 0 Å². The summed E-state index contributed by atoms with van der Waals surface area (Å²) < 4.78 is 0. The number of carboxylic acids is 3. The minimum atomic E-state index is -1.79. The molecule has 0 aliphatic rings. The van der Waals surface area contributed by atoms with E-state index in [-0.39, 0.29) is 24.4 Å². The molecule has 0 heterocycles. The molecule has 0 bridgehead atoms. The first-order valence-electron chi connectivity index (χ1n) is 3.70. The summed E-state index contributed by atoms with van der Waals surface area (Å²) in [5.74, 6) is -3.78. The minimum absolute atomic E-state index is 0. The maximum atomic E-state index is 9.72. The molecule has 1 unspecified atom stereocenters. The van der Waals surface area contributed by atoms with Gasteiger partial charge in [0.25, 0.3) is 0 Å². The fourth-order valence-corrected chi connectivity index (χ4v) is 0.253. The molecule has 0 aromatic heterocycles. The summed E-state index contributed by atoms with van der Waals surface area (Å²) in [5, 5.41) is 32.0. The summed E-state index contributed by atoms with van der Waals surface area (Å²) in [6, 6.07) is 0. The van der Waals surface area contributed by atoms with Gasteiger partial charge in [0.05, 0.1) is 6.42 Å². The molecule has 0 saturated carbocycles. The first-order chi connectivity index (χ1) is 6.68. The number of hydrogen-bond donors (Lipinski definition) is 4. The molecule has 0 aromatic rings. The van der Waals surface area contributed by atoms with Gasteiger partial charge < -0.3 is 20.4 Å². The summed E-state index contributed by atoms with van der Waals surface area (Å²) >= 11 is 0. The van der Waals surface area contributed by atoms with Crippen molar-refractivity contribution in [2.45, 2.75) is 19.4 Å². The second-order valence-electron chi connectivity index (χ2n) is 2.54. The molecule has 0 radical (unpaired) electrons. The van der Waals surface area contributed by atoms with E-state index in [9.17, 15) is 14.4 Å². The van der Waals surface area contributed by atoms with E-state index in [1.165, 1.54) is 6.92 Å². The average molecular weight is 228 g/mol. The van der Waals surface area contributed by atoms with E-state index in [0.29, 0.717) is 0 Å². The fourth-order valence-electron chi connectivity index (χ4n) is 0.253. The van der Waals surface area contributed by atoms with Gasteiger partial charge in [-0.05, 0) is 6.92 Å². The van der Waals surface area contributed by atoms with Crippen LogP contribution in [-0.4, -0.2) is 63.3 Å². The Balaban J connectivity index is -0.000000214. The third-order valence-electron chi connectivity index (χ3n) is 1.02. The van der Waals surface area contributed by atoms with Crippen molar-refractivity contribution in [3.05, 3.63) is 12.2 Å². The van der Waals surface area contributed by atoms with E-state index in [4.69, 9.17) is 20.4 Å². The third-order valence-corrected chi connectivity index (χ3v) is 1.02. The van der Waals surface area contributed by atoms with Crippen LogP contribution in [0.25, 0.3) is 0 Å². The first-order valence-corrected chi connectivity index (χ1v) is 3.70. The molecule has 0 aromatic carbocycles. The van der Waals surface area contributed by atoms with Crippen LogP contribution in [0.2, 0.25) is 0 Å². The molecule has 16 heavy (non-hydrogen) atoms. The molecule has 88 valence electrons. The standard InChI is InChI=1S/C4H6O5.C4H6O2.Li.H/c5-2(4(8)9)1-3(6)7;1-3(2)4(5)6;;/h2,5H,1H2,(H,6,7)(H,8,9);1H2,2H3,(H,5,6);;. The van der Waals surface area contributed by atoms with Crippen LogP contribution in [0.4, 0.5) is 0 Å². The number of carbonyl (C=O) groups is 3. The van der Waals surface area contributed by atoms with Gasteiger partial charge in [-0.25, -0.2) is 9.59 Å². The maximum absolute atomic E-state index is 9.72. The molecule has 7 nitrogen and oxygen atoms in total. The Kier molecular flexibility index (Phi) is 12.9. The number of aliphatic hydroxyl groups is 1. The molecule has 0 spiro atoms. The van der Waals surface area contributed by atoms with E-state index >= 15 is 0 Å². The van der Waals surface area contributed by atoms with Crippen molar-refractivity contribution in [1.82, 2.24) is 0 Å². The summed E-state index contributed by atoms with van der Waals surface area (Å²) in [4.78, 5) is 29.0. The van der Waals surface area contributed by atoms with E-state index < -0.39 is 30.4 Å². The van der Waals surface area contributed by atoms with Crippen LogP contribution in [0.1, 0.15) is 13.3 Å². The zero-order chi connectivity index (χ0) is 12.6. The van der Waals surface area contributed by atoms with Gasteiger partial charge in [0.1, 0.15) is 0 Å². The van der Waals surface area contributed by atoms with E-state index in [0.717, 1.165) is 0 Å². The fraction of sp³-hybridized carbons (Fsp3) is 0.375. The van der Waals surface area contributed by atoms with Gasteiger partial charge in [-0.1, -0.05) is 6.58 Å². The molecule has 0 saturated heterocycles. The van der Waals surface area contributed by atoms with Crippen LogP contribution in [0.5, 0.6) is 0 Å². The van der Waals surface area contributed by atoms with Gasteiger partial charge in [-0.3, -0.25) is 4.79 Å². The van der Waals surface area contributed by atoms with Crippen LogP contribution in [0.3, 0.4) is 0 Å². The van der Waals surface area contributed by atoms with E-state index in [1.807, 2.05) is 0 Å². The molecular weight excluding hydrogens is 215 g/mol. The van der Waals surface area contributed by atoms with Gasteiger partial charge in [-0.2, -0.15) is 0 Å². The summed E-state index contributed by atoms with van der Waals surface area (Å²) in [5.41, 5.74) is 0.176. The topological polar surface area (TPSA) is 132 Å². The molecule has 0 aliphatic carbocycles. The van der Waals surface area contributed by atoms with E-state index in [1.54, 1.807) is 0 Å². The Morgan fingerprint density at radius 1 is 1.19 bits per heavy atom. The summed E-state index contributed by atoms with van der Waals surface area (Å²) in [6.45, 7) is 4.60. The second-order valence-corrected chi connectivity index (χ2v) is 2.54. The Morgan fingerprint density at radius 2 is 1.50 bits per heavy atom. The SMILES string of the molecule is C=C(C)C(=O)O.O=C(O)CC(O)C(=O)O.[LiH]. The van der Waals surface area contributed by atoms with Crippen molar-refractivity contribution in [3.63, 3.8) is 0 Å². The van der Waals surface area contributed by atoms with Crippen molar-refractivity contribution < 1.29 is 34.8 Å². The predicted octanol–water partition coefficient (Wildman–Crippen LogP) is -1.09. The van der Waals surface area contributed by atoms with Gasteiger partial charge in [0, 0.05) is 5.57 Å². The van der Waals surface area contributed by atoms with Crippen molar-refractivity contribution in [1.29, 1.82) is 0 Å². The molecule has 8 heteroatoms. The number of aliphatic carboxylic acids is 3. The molecule has 0 amide bonds. The van der Waals surface area contributed by atoms with E-state index in [2.05, 4.69) is 6.58 Å². The molecule has 1 atom stereocenters. The van der Waals surface area contributed by atoms with Gasteiger partial charge >= 0.3 is 36.8 Å². The number of rotatable bonds is 4. The summed E-state index contributed by atoms with van der Waals surface area (Å²) in [6.07, 6.45) is -2.54.